The number of carbonyl (C=O) groups excluding carboxylic acids is 1. The lowest BCUT2D eigenvalue weighted by molar-refractivity contribution is -0.143. The van der Waals surface area contributed by atoms with Gasteiger partial charge in [-0.1, -0.05) is 6.07 Å². The van der Waals surface area contributed by atoms with Gasteiger partial charge in [0.2, 0.25) is 5.91 Å². The molecule has 2 aliphatic rings. The molecule has 0 bridgehead atoms. The van der Waals surface area contributed by atoms with Crippen molar-refractivity contribution in [1.82, 2.24) is 9.88 Å². The van der Waals surface area contributed by atoms with Crippen molar-refractivity contribution in [3.8, 4) is 0 Å². The molecule has 108 valence electrons. The van der Waals surface area contributed by atoms with Crippen molar-refractivity contribution in [2.45, 2.75) is 31.4 Å². The zero-order chi connectivity index (χ0) is 13.9. The van der Waals surface area contributed by atoms with Crippen LogP contribution < -0.4 is 0 Å². The van der Waals surface area contributed by atoms with E-state index in [9.17, 15) is 9.90 Å². The molecule has 1 aliphatic heterocycles. The second-order valence-corrected chi connectivity index (χ2v) is 5.62. The lowest BCUT2D eigenvalue weighted by atomic mass is 10.1. The molecule has 1 amide bonds. The molecule has 0 spiro atoms. The van der Waals surface area contributed by atoms with Crippen LogP contribution in [-0.4, -0.2) is 52.8 Å². The van der Waals surface area contributed by atoms with Gasteiger partial charge in [0.25, 0.3) is 0 Å². The molecule has 3 rings (SSSR count). The third-order valence-electron chi connectivity index (χ3n) is 4.29. The first-order chi connectivity index (χ1) is 9.78. The maximum atomic E-state index is 12.5. The quantitative estimate of drug-likeness (QED) is 0.879. The first-order valence-corrected chi connectivity index (χ1v) is 7.18. The van der Waals surface area contributed by atoms with Crippen molar-refractivity contribution < 1.29 is 14.6 Å². The maximum Gasteiger partial charge on any atom is 0.227 e. The Labute approximate surface area is 118 Å². The van der Waals surface area contributed by atoms with Gasteiger partial charge in [0, 0.05) is 25.5 Å². The van der Waals surface area contributed by atoms with Gasteiger partial charge in [-0.25, -0.2) is 0 Å². The van der Waals surface area contributed by atoms with Crippen molar-refractivity contribution in [2.75, 3.05) is 19.8 Å². The van der Waals surface area contributed by atoms with Crippen LogP contribution in [0, 0.1) is 5.92 Å². The number of aliphatic hydroxyl groups is 1. The summed E-state index contributed by atoms with van der Waals surface area (Å²) >= 11 is 0. The van der Waals surface area contributed by atoms with Crippen LogP contribution in [0.2, 0.25) is 0 Å². The van der Waals surface area contributed by atoms with E-state index in [1.54, 1.807) is 12.4 Å². The molecule has 2 fully saturated rings. The molecular weight excluding hydrogens is 256 g/mol. The van der Waals surface area contributed by atoms with Crippen molar-refractivity contribution in [2.24, 2.45) is 5.92 Å². The van der Waals surface area contributed by atoms with Gasteiger partial charge in [-0.2, -0.15) is 0 Å². The SMILES string of the molecule is O=C(Cc1cccnc1)N1CCOC2C[C@H](CO)C[C@@H]21. The van der Waals surface area contributed by atoms with Gasteiger partial charge < -0.3 is 14.7 Å². The van der Waals surface area contributed by atoms with Crippen LogP contribution in [0.3, 0.4) is 0 Å². The number of hydrogen-bond donors (Lipinski definition) is 1. The summed E-state index contributed by atoms with van der Waals surface area (Å²) in [7, 11) is 0. The van der Waals surface area contributed by atoms with Crippen LogP contribution in [-0.2, 0) is 16.0 Å². The minimum Gasteiger partial charge on any atom is -0.396 e. The molecule has 5 heteroatoms. The van der Waals surface area contributed by atoms with Crippen molar-refractivity contribution in [3.05, 3.63) is 30.1 Å². The molecule has 0 radical (unpaired) electrons. The van der Waals surface area contributed by atoms with Crippen LogP contribution in [0.25, 0.3) is 0 Å². The summed E-state index contributed by atoms with van der Waals surface area (Å²) in [5.74, 6) is 0.395. The number of aromatic nitrogens is 1. The first kappa shape index (κ1) is 13.5. The second kappa shape index (κ2) is 5.89. The predicted molar refractivity (Wildman–Crippen MR) is 73.0 cm³/mol. The Morgan fingerprint density at radius 2 is 2.40 bits per heavy atom. The molecule has 1 N–H and O–H groups in total. The first-order valence-electron chi connectivity index (χ1n) is 7.18. The van der Waals surface area contributed by atoms with E-state index in [0.29, 0.717) is 19.6 Å². The number of amides is 1. The zero-order valence-corrected chi connectivity index (χ0v) is 11.4. The predicted octanol–water partition coefficient (Wildman–Crippen LogP) is 0.622. The van der Waals surface area contributed by atoms with E-state index in [0.717, 1.165) is 18.4 Å². The van der Waals surface area contributed by atoms with Crippen LogP contribution in [0.4, 0.5) is 0 Å². The van der Waals surface area contributed by atoms with E-state index in [1.165, 1.54) is 0 Å². The van der Waals surface area contributed by atoms with Gasteiger partial charge in [0.1, 0.15) is 0 Å². The minimum absolute atomic E-state index is 0.0961. The highest BCUT2D eigenvalue weighted by atomic mass is 16.5. The van der Waals surface area contributed by atoms with E-state index in [4.69, 9.17) is 4.74 Å². The number of nitrogens with zero attached hydrogens (tertiary/aromatic N) is 2. The average Bonchev–Trinajstić information content (AvgIpc) is 2.91. The summed E-state index contributed by atoms with van der Waals surface area (Å²) in [5, 5.41) is 9.31. The van der Waals surface area contributed by atoms with Gasteiger partial charge in [-0.05, 0) is 30.4 Å². The standard InChI is InChI=1S/C15H20N2O3/c18-10-12-6-13-14(7-12)20-5-4-17(13)15(19)8-11-2-1-3-16-9-11/h1-3,9,12-14,18H,4-8,10H2/t12-,13+,14?/m1/s1. The fourth-order valence-corrected chi connectivity index (χ4v) is 3.29. The Hall–Kier alpha value is -1.46. The molecule has 1 unspecified atom stereocenters. The lowest BCUT2D eigenvalue weighted by Crippen LogP contribution is -2.51. The minimum atomic E-state index is 0.0961. The van der Waals surface area contributed by atoms with Crippen molar-refractivity contribution in [1.29, 1.82) is 0 Å². The second-order valence-electron chi connectivity index (χ2n) is 5.62. The average molecular weight is 276 g/mol. The molecular formula is C15H20N2O3. The molecule has 2 heterocycles. The Morgan fingerprint density at radius 1 is 1.50 bits per heavy atom. The number of carbonyl (C=O) groups is 1. The normalized spacial score (nSPS) is 29.2. The van der Waals surface area contributed by atoms with E-state index in [1.807, 2.05) is 17.0 Å². The summed E-state index contributed by atoms with van der Waals surface area (Å²) in [6.45, 7) is 1.43. The molecule has 3 atom stereocenters. The lowest BCUT2D eigenvalue weighted by Gasteiger charge is -2.37. The molecule has 1 aliphatic carbocycles. The maximum absolute atomic E-state index is 12.5. The van der Waals surface area contributed by atoms with Gasteiger partial charge in [0.15, 0.2) is 0 Å². The van der Waals surface area contributed by atoms with Crippen LogP contribution in [0.1, 0.15) is 18.4 Å². The Balaban J connectivity index is 1.68. The molecule has 20 heavy (non-hydrogen) atoms. The summed E-state index contributed by atoms with van der Waals surface area (Å²) < 4.78 is 5.75. The number of morpholine rings is 1. The van der Waals surface area contributed by atoms with Crippen LogP contribution in [0.15, 0.2) is 24.5 Å². The largest absolute Gasteiger partial charge is 0.396 e. The molecule has 1 aromatic heterocycles. The van der Waals surface area contributed by atoms with Crippen LogP contribution >= 0.6 is 0 Å². The molecule has 0 aromatic carbocycles. The number of hydrogen-bond acceptors (Lipinski definition) is 4. The molecule has 1 aromatic rings. The highest BCUT2D eigenvalue weighted by molar-refractivity contribution is 5.79. The number of aliphatic hydroxyl groups excluding tert-OH is 1. The zero-order valence-electron chi connectivity index (χ0n) is 11.4. The van der Waals surface area contributed by atoms with E-state index in [2.05, 4.69) is 4.98 Å². The topological polar surface area (TPSA) is 62.7 Å². The highest BCUT2D eigenvalue weighted by Crippen LogP contribution is 2.34. The smallest absolute Gasteiger partial charge is 0.227 e. The van der Waals surface area contributed by atoms with E-state index in [-0.39, 0.29) is 30.6 Å². The monoisotopic (exact) mass is 276 g/mol. The fraction of sp³-hybridized carbons (Fsp3) is 0.600. The molecule has 1 saturated carbocycles. The van der Waals surface area contributed by atoms with Crippen molar-refractivity contribution in [3.63, 3.8) is 0 Å². The summed E-state index contributed by atoms with van der Waals surface area (Å²) in [5.41, 5.74) is 0.942. The third-order valence-corrected chi connectivity index (χ3v) is 4.29. The Kier molecular flexibility index (Phi) is 3.98. The van der Waals surface area contributed by atoms with Gasteiger partial charge >= 0.3 is 0 Å². The third kappa shape index (κ3) is 2.69. The number of rotatable bonds is 3. The summed E-state index contributed by atoms with van der Waals surface area (Å²) in [6, 6.07) is 3.90. The Bertz CT molecular complexity index is 465. The Morgan fingerprint density at radius 3 is 3.15 bits per heavy atom. The van der Waals surface area contributed by atoms with Crippen molar-refractivity contribution >= 4 is 5.91 Å². The van der Waals surface area contributed by atoms with Gasteiger partial charge in [0.05, 0.1) is 25.2 Å². The summed E-state index contributed by atoms with van der Waals surface area (Å²) in [6.07, 6.45) is 5.64. The van der Waals surface area contributed by atoms with E-state index < -0.39 is 0 Å². The fourth-order valence-electron chi connectivity index (χ4n) is 3.29. The van der Waals surface area contributed by atoms with Gasteiger partial charge in [-0.3, -0.25) is 9.78 Å². The highest BCUT2D eigenvalue weighted by Gasteiger charge is 2.42. The van der Waals surface area contributed by atoms with E-state index >= 15 is 0 Å². The number of fused-ring (bicyclic) bond motifs is 1. The van der Waals surface area contributed by atoms with Gasteiger partial charge in [-0.15, -0.1) is 0 Å². The number of ether oxygens (including phenoxy) is 1. The molecule has 5 nitrogen and oxygen atoms in total. The number of pyridine rings is 1. The summed E-state index contributed by atoms with van der Waals surface area (Å²) in [4.78, 5) is 18.5. The molecule has 1 saturated heterocycles. The van der Waals surface area contributed by atoms with Crippen LogP contribution in [0.5, 0.6) is 0 Å².